The molecule has 0 amide bonds. The molecule has 296 valence electrons. The van der Waals surface area contributed by atoms with E-state index in [9.17, 15) is 0 Å². The summed E-state index contributed by atoms with van der Waals surface area (Å²) in [5, 5.41) is 7.61. The van der Waals surface area contributed by atoms with Crippen LogP contribution in [0.4, 0.5) is 0 Å². The molecular weight excluding hydrogens is 761 g/mol. The van der Waals surface area contributed by atoms with E-state index in [0.717, 1.165) is 39.2 Å². The van der Waals surface area contributed by atoms with Gasteiger partial charge in [-0.2, -0.15) is 0 Å². The Balaban J connectivity index is 0.934. The van der Waals surface area contributed by atoms with Crippen molar-refractivity contribution in [2.45, 2.75) is 19.3 Å². The minimum Gasteiger partial charge on any atom is -0.228 e. The molecule has 10 aromatic carbocycles. The summed E-state index contributed by atoms with van der Waals surface area (Å²) < 4.78 is 0. The molecule has 2 nitrogen and oxygen atoms in total. The van der Waals surface area contributed by atoms with E-state index in [1.807, 2.05) is 6.07 Å². The van der Waals surface area contributed by atoms with Gasteiger partial charge in [-0.05, 0) is 100 Å². The van der Waals surface area contributed by atoms with E-state index in [0.29, 0.717) is 5.82 Å². The number of nitrogens with zero attached hydrogens (tertiary/aromatic N) is 2. The lowest BCUT2D eigenvalue weighted by Gasteiger charge is -2.22. The van der Waals surface area contributed by atoms with E-state index >= 15 is 0 Å². The van der Waals surface area contributed by atoms with Crippen LogP contribution in [-0.4, -0.2) is 9.97 Å². The largest absolute Gasteiger partial charge is 0.228 e. The summed E-state index contributed by atoms with van der Waals surface area (Å²) in [6.45, 7) is 4.68. The normalized spacial score (nSPS) is 12.7. The van der Waals surface area contributed by atoms with Crippen molar-refractivity contribution in [1.29, 1.82) is 0 Å². The van der Waals surface area contributed by atoms with Gasteiger partial charge in [0, 0.05) is 22.1 Å². The van der Waals surface area contributed by atoms with Gasteiger partial charge >= 0.3 is 0 Å². The smallest absolute Gasteiger partial charge is 0.160 e. The number of hydrogen-bond acceptors (Lipinski definition) is 2. The van der Waals surface area contributed by atoms with Gasteiger partial charge in [0.2, 0.25) is 0 Å². The summed E-state index contributed by atoms with van der Waals surface area (Å²) in [4.78, 5) is 10.5. The Morgan fingerprint density at radius 1 is 0.302 bits per heavy atom. The summed E-state index contributed by atoms with van der Waals surface area (Å²) >= 11 is 0. The Bertz CT molecular complexity index is 3560. The molecule has 1 aliphatic carbocycles. The predicted molar refractivity (Wildman–Crippen MR) is 265 cm³/mol. The highest BCUT2D eigenvalue weighted by molar-refractivity contribution is 6.20. The van der Waals surface area contributed by atoms with Crippen molar-refractivity contribution in [1.82, 2.24) is 9.97 Å². The lowest BCUT2D eigenvalue weighted by atomic mass is 9.81. The van der Waals surface area contributed by atoms with E-state index < -0.39 is 0 Å². The standard InChI is InChI=1S/C61H42N2/c1-61(2)54-25-13-12-23-52(54)59-50(24-14-26-55(59)61)48-21-10-11-22-49(48)57-38-56(62-60(63-57)44-16-4-3-5-17-44)42-31-27-39(28-32-42)40-29-33-43(34-30-40)58-47-20-9-7-18-45(47)37-53-46-19-8-6-15-41(46)35-36-51(53)58/h3-38H,1-2H3. The number of benzene rings is 10. The molecule has 0 unspecified atom stereocenters. The third-order valence-electron chi connectivity index (χ3n) is 13.3. The number of aromatic nitrogens is 2. The highest BCUT2D eigenvalue weighted by Crippen LogP contribution is 2.53. The molecule has 0 fully saturated rings. The van der Waals surface area contributed by atoms with Crippen molar-refractivity contribution in [3.63, 3.8) is 0 Å². The molecule has 0 saturated carbocycles. The van der Waals surface area contributed by atoms with Gasteiger partial charge in [0.1, 0.15) is 0 Å². The van der Waals surface area contributed by atoms with Gasteiger partial charge in [-0.3, -0.25) is 0 Å². The molecule has 0 atom stereocenters. The van der Waals surface area contributed by atoms with Crippen LogP contribution in [0, 0.1) is 0 Å². The van der Waals surface area contributed by atoms with Gasteiger partial charge in [-0.25, -0.2) is 9.97 Å². The first kappa shape index (κ1) is 36.9. The maximum absolute atomic E-state index is 5.29. The SMILES string of the molecule is CC1(C)c2ccccc2-c2c(-c3ccccc3-c3cc(-c4ccc(-c5ccc(-c6c7ccccc7cc7c6ccc6ccccc67)cc5)cc4)nc(-c4ccccc4)n3)cccc21. The Labute approximate surface area is 367 Å². The molecule has 1 heterocycles. The lowest BCUT2D eigenvalue weighted by Crippen LogP contribution is -2.14. The third kappa shape index (κ3) is 6.09. The summed E-state index contributed by atoms with van der Waals surface area (Å²) in [7, 11) is 0. The van der Waals surface area contributed by atoms with Crippen molar-refractivity contribution < 1.29 is 0 Å². The molecule has 11 aromatic rings. The molecule has 1 aliphatic rings. The van der Waals surface area contributed by atoms with Crippen molar-refractivity contribution in [3.05, 3.63) is 230 Å². The molecule has 0 saturated heterocycles. The van der Waals surface area contributed by atoms with Crippen LogP contribution >= 0.6 is 0 Å². The minimum atomic E-state index is -0.0882. The number of fused-ring (bicyclic) bond motifs is 7. The Hall–Kier alpha value is -7.94. The van der Waals surface area contributed by atoms with Crippen molar-refractivity contribution in [2.75, 3.05) is 0 Å². The lowest BCUT2D eigenvalue weighted by molar-refractivity contribution is 0.660. The van der Waals surface area contributed by atoms with E-state index in [4.69, 9.17) is 9.97 Å². The fourth-order valence-corrected chi connectivity index (χ4v) is 10.2. The summed E-state index contributed by atoms with van der Waals surface area (Å²) in [5.74, 6) is 0.705. The van der Waals surface area contributed by atoms with E-state index in [1.54, 1.807) is 0 Å². The molecule has 0 N–H and O–H groups in total. The highest BCUT2D eigenvalue weighted by Gasteiger charge is 2.36. The molecule has 0 radical (unpaired) electrons. The fourth-order valence-electron chi connectivity index (χ4n) is 10.2. The van der Waals surface area contributed by atoms with Gasteiger partial charge in [0.25, 0.3) is 0 Å². The molecule has 0 aliphatic heterocycles. The molecule has 0 bridgehead atoms. The highest BCUT2D eigenvalue weighted by atomic mass is 14.9. The zero-order chi connectivity index (χ0) is 42.1. The average molecular weight is 803 g/mol. The molecule has 63 heavy (non-hydrogen) atoms. The quantitative estimate of drug-likeness (QED) is 0.124. The molecular formula is C61H42N2. The van der Waals surface area contributed by atoms with Crippen LogP contribution < -0.4 is 0 Å². The van der Waals surface area contributed by atoms with E-state index in [-0.39, 0.29) is 5.41 Å². The topological polar surface area (TPSA) is 25.8 Å². The summed E-state index contributed by atoms with van der Waals surface area (Å²) in [6.07, 6.45) is 0. The maximum Gasteiger partial charge on any atom is 0.160 e. The number of rotatable bonds is 6. The Morgan fingerprint density at radius 3 is 1.65 bits per heavy atom. The van der Waals surface area contributed by atoms with Crippen LogP contribution in [0.15, 0.2) is 218 Å². The fraction of sp³-hybridized carbons (Fsp3) is 0.0492. The average Bonchev–Trinajstić information content (AvgIpc) is 3.59. The van der Waals surface area contributed by atoms with Gasteiger partial charge in [0.05, 0.1) is 11.4 Å². The van der Waals surface area contributed by atoms with Gasteiger partial charge in [0.15, 0.2) is 5.82 Å². The van der Waals surface area contributed by atoms with Crippen LogP contribution in [0.3, 0.4) is 0 Å². The van der Waals surface area contributed by atoms with Crippen LogP contribution in [-0.2, 0) is 5.41 Å². The Kier molecular flexibility index (Phi) is 8.55. The third-order valence-corrected chi connectivity index (χ3v) is 13.3. The minimum absolute atomic E-state index is 0.0882. The first-order valence-electron chi connectivity index (χ1n) is 21.8. The molecule has 12 rings (SSSR count). The van der Waals surface area contributed by atoms with Crippen LogP contribution in [0.2, 0.25) is 0 Å². The maximum atomic E-state index is 5.29. The van der Waals surface area contributed by atoms with Crippen molar-refractivity contribution >= 4 is 32.3 Å². The molecule has 2 heteroatoms. The first-order valence-corrected chi connectivity index (χ1v) is 21.8. The number of hydrogen-bond donors (Lipinski definition) is 0. The second kappa shape index (κ2) is 14.6. The zero-order valence-corrected chi connectivity index (χ0v) is 35.2. The van der Waals surface area contributed by atoms with Crippen LogP contribution in [0.1, 0.15) is 25.0 Å². The van der Waals surface area contributed by atoms with E-state index in [2.05, 4.69) is 226 Å². The summed E-state index contributed by atoms with van der Waals surface area (Å²) in [5.41, 5.74) is 17.3. The van der Waals surface area contributed by atoms with Crippen molar-refractivity contribution in [2.24, 2.45) is 0 Å². The second-order valence-electron chi connectivity index (χ2n) is 17.3. The van der Waals surface area contributed by atoms with E-state index in [1.165, 1.54) is 76.8 Å². The zero-order valence-electron chi connectivity index (χ0n) is 35.2. The van der Waals surface area contributed by atoms with Gasteiger partial charge < -0.3 is 0 Å². The van der Waals surface area contributed by atoms with Crippen LogP contribution in [0.5, 0.6) is 0 Å². The predicted octanol–water partition coefficient (Wildman–Crippen LogP) is 16.2. The van der Waals surface area contributed by atoms with Gasteiger partial charge in [-0.15, -0.1) is 0 Å². The first-order chi connectivity index (χ1) is 31.0. The van der Waals surface area contributed by atoms with Crippen molar-refractivity contribution in [3.8, 4) is 78.4 Å². The molecule has 1 aromatic heterocycles. The monoisotopic (exact) mass is 802 g/mol. The van der Waals surface area contributed by atoms with Crippen LogP contribution in [0.25, 0.3) is 111 Å². The Morgan fingerprint density at radius 2 is 0.873 bits per heavy atom. The molecule has 0 spiro atoms. The summed E-state index contributed by atoms with van der Waals surface area (Å²) in [6, 6.07) is 79.1. The van der Waals surface area contributed by atoms with Gasteiger partial charge in [-0.1, -0.05) is 220 Å². The second-order valence-corrected chi connectivity index (χ2v) is 17.3.